The molecule has 4 N–H and O–H groups in total. The largest absolute Gasteiger partial charge is 0.378 e. The number of hydrogen-bond donors (Lipinski definition) is 4. The molecule has 1 aliphatic heterocycles. The number of anilines is 1. The van der Waals surface area contributed by atoms with Crippen molar-refractivity contribution < 1.29 is 4.74 Å². The molecule has 1 aromatic rings. The van der Waals surface area contributed by atoms with Crippen molar-refractivity contribution in [1.29, 1.82) is 0 Å². The number of aromatic nitrogens is 3. The highest BCUT2D eigenvalue weighted by atomic mass is 16.5. The number of rotatable bonds is 3. The summed E-state index contributed by atoms with van der Waals surface area (Å²) in [6, 6.07) is 0.141. The SMILES string of the molecule is O=c1[nH]nc(NCC2COCCN2)c(=O)[nH]1. The smallest absolute Gasteiger partial charge is 0.342 e. The molecule has 1 unspecified atom stereocenters. The Labute approximate surface area is 90.4 Å². The first kappa shape index (κ1) is 10.8. The third kappa shape index (κ3) is 2.67. The zero-order valence-electron chi connectivity index (χ0n) is 8.58. The molecule has 8 heteroatoms. The molecule has 1 aromatic heterocycles. The van der Waals surface area contributed by atoms with Gasteiger partial charge in [-0.25, -0.2) is 9.89 Å². The average molecular weight is 227 g/mol. The minimum Gasteiger partial charge on any atom is -0.378 e. The van der Waals surface area contributed by atoms with Crippen molar-refractivity contribution in [2.24, 2.45) is 0 Å². The molecule has 1 fully saturated rings. The Morgan fingerprint density at radius 1 is 1.50 bits per heavy atom. The molecule has 0 amide bonds. The number of ether oxygens (including phenoxy) is 1. The van der Waals surface area contributed by atoms with Crippen LogP contribution in [0.15, 0.2) is 9.59 Å². The van der Waals surface area contributed by atoms with Crippen LogP contribution in [0.5, 0.6) is 0 Å². The zero-order chi connectivity index (χ0) is 11.4. The Balaban J connectivity index is 1.93. The summed E-state index contributed by atoms with van der Waals surface area (Å²) >= 11 is 0. The molecule has 88 valence electrons. The second kappa shape index (κ2) is 4.90. The second-order valence-corrected chi connectivity index (χ2v) is 3.46. The van der Waals surface area contributed by atoms with E-state index in [1.165, 1.54) is 0 Å². The van der Waals surface area contributed by atoms with Crippen molar-refractivity contribution in [3.8, 4) is 0 Å². The normalized spacial score (nSPS) is 20.6. The van der Waals surface area contributed by atoms with E-state index in [1.807, 2.05) is 0 Å². The minimum absolute atomic E-state index is 0.104. The van der Waals surface area contributed by atoms with Crippen molar-refractivity contribution in [3.63, 3.8) is 0 Å². The fourth-order valence-electron chi connectivity index (χ4n) is 1.44. The van der Waals surface area contributed by atoms with E-state index in [0.717, 1.165) is 6.54 Å². The lowest BCUT2D eigenvalue weighted by Crippen LogP contribution is -2.46. The summed E-state index contributed by atoms with van der Waals surface area (Å²) in [5, 5.41) is 11.8. The van der Waals surface area contributed by atoms with E-state index in [0.29, 0.717) is 19.8 Å². The summed E-state index contributed by atoms with van der Waals surface area (Å²) in [5.74, 6) is 0.104. The molecule has 2 rings (SSSR count). The average Bonchev–Trinajstić information content (AvgIpc) is 2.29. The topological polar surface area (TPSA) is 112 Å². The molecule has 0 aliphatic carbocycles. The first-order chi connectivity index (χ1) is 7.75. The quantitative estimate of drug-likeness (QED) is 0.469. The molecule has 2 heterocycles. The summed E-state index contributed by atoms with van der Waals surface area (Å²) in [5.41, 5.74) is -1.14. The number of hydrogen-bond acceptors (Lipinski definition) is 6. The molecule has 1 atom stereocenters. The van der Waals surface area contributed by atoms with Crippen LogP contribution in [0.25, 0.3) is 0 Å². The molecule has 1 saturated heterocycles. The van der Waals surface area contributed by atoms with Gasteiger partial charge in [0, 0.05) is 19.1 Å². The van der Waals surface area contributed by atoms with Gasteiger partial charge in [0.2, 0.25) is 5.82 Å². The summed E-state index contributed by atoms with van der Waals surface area (Å²) in [7, 11) is 0. The van der Waals surface area contributed by atoms with Gasteiger partial charge >= 0.3 is 5.69 Å². The van der Waals surface area contributed by atoms with Crippen molar-refractivity contribution in [1.82, 2.24) is 20.5 Å². The maximum atomic E-state index is 11.3. The Hall–Kier alpha value is -1.67. The van der Waals surface area contributed by atoms with Crippen molar-refractivity contribution in [2.45, 2.75) is 6.04 Å². The van der Waals surface area contributed by atoms with Crippen LogP contribution in [-0.2, 0) is 4.74 Å². The van der Waals surface area contributed by atoms with Crippen LogP contribution in [0.2, 0.25) is 0 Å². The van der Waals surface area contributed by atoms with E-state index in [1.54, 1.807) is 0 Å². The lowest BCUT2D eigenvalue weighted by molar-refractivity contribution is 0.0806. The van der Waals surface area contributed by atoms with E-state index >= 15 is 0 Å². The maximum Gasteiger partial charge on any atom is 0.342 e. The van der Waals surface area contributed by atoms with E-state index in [9.17, 15) is 9.59 Å². The highest BCUT2D eigenvalue weighted by Gasteiger charge is 2.13. The predicted octanol–water partition coefficient (Wildman–Crippen LogP) is -2.14. The maximum absolute atomic E-state index is 11.3. The monoisotopic (exact) mass is 227 g/mol. The van der Waals surface area contributed by atoms with Gasteiger partial charge in [0.1, 0.15) is 0 Å². The number of aromatic amines is 2. The van der Waals surface area contributed by atoms with Gasteiger partial charge in [0.05, 0.1) is 13.2 Å². The van der Waals surface area contributed by atoms with Gasteiger partial charge in [-0.2, -0.15) is 0 Å². The Morgan fingerprint density at radius 2 is 2.38 bits per heavy atom. The third-order valence-electron chi connectivity index (χ3n) is 2.23. The molecule has 0 aromatic carbocycles. The summed E-state index contributed by atoms with van der Waals surface area (Å²) in [6.45, 7) is 2.60. The standard InChI is InChI=1S/C8H13N5O3/c14-7-6(12-13-8(15)11-7)10-3-5-4-16-2-1-9-5/h5,9H,1-4H2,(H,10,12)(H2,11,13,14,15). The molecule has 0 spiro atoms. The highest BCUT2D eigenvalue weighted by Crippen LogP contribution is 1.94. The lowest BCUT2D eigenvalue weighted by atomic mass is 10.3. The molecule has 16 heavy (non-hydrogen) atoms. The molecule has 0 bridgehead atoms. The first-order valence-corrected chi connectivity index (χ1v) is 5.00. The van der Waals surface area contributed by atoms with Gasteiger partial charge < -0.3 is 15.4 Å². The Kier molecular flexibility index (Phi) is 3.32. The van der Waals surface area contributed by atoms with E-state index in [4.69, 9.17) is 4.74 Å². The van der Waals surface area contributed by atoms with Crippen molar-refractivity contribution >= 4 is 5.82 Å². The van der Waals surface area contributed by atoms with Crippen LogP contribution in [0, 0.1) is 0 Å². The van der Waals surface area contributed by atoms with Crippen LogP contribution < -0.4 is 21.9 Å². The summed E-state index contributed by atoms with van der Waals surface area (Å²) < 4.78 is 5.25. The zero-order valence-corrected chi connectivity index (χ0v) is 8.58. The lowest BCUT2D eigenvalue weighted by Gasteiger charge is -2.23. The summed E-state index contributed by atoms with van der Waals surface area (Å²) in [4.78, 5) is 24.1. The van der Waals surface area contributed by atoms with Gasteiger partial charge in [-0.1, -0.05) is 0 Å². The summed E-state index contributed by atoms with van der Waals surface area (Å²) in [6.07, 6.45) is 0. The molecular formula is C8H13N5O3. The predicted molar refractivity (Wildman–Crippen MR) is 56.6 cm³/mol. The molecular weight excluding hydrogens is 214 g/mol. The highest BCUT2D eigenvalue weighted by molar-refractivity contribution is 5.28. The van der Waals surface area contributed by atoms with Crippen LogP contribution in [0.3, 0.4) is 0 Å². The molecule has 0 saturated carbocycles. The van der Waals surface area contributed by atoms with E-state index in [-0.39, 0.29) is 11.9 Å². The first-order valence-electron chi connectivity index (χ1n) is 5.00. The van der Waals surface area contributed by atoms with Gasteiger partial charge in [-0.3, -0.25) is 9.78 Å². The van der Waals surface area contributed by atoms with Crippen molar-refractivity contribution in [3.05, 3.63) is 20.8 Å². The number of nitrogens with zero attached hydrogens (tertiary/aromatic N) is 1. The van der Waals surface area contributed by atoms with Gasteiger partial charge in [0.15, 0.2) is 0 Å². The number of morpholine rings is 1. The Morgan fingerprint density at radius 3 is 3.06 bits per heavy atom. The third-order valence-corrected chi connectivity index (χ3v) is 2.23. The van der Waals surface area contributed by atoms with Gasteiger partial charge in [-0.05, 0) is 0 Å². The van der Waals surface area contributed by atoms with Crippen LogP contribution in [0.1, 0.15) is 0 Å². The number of H-pyrrole nitrogens is 2. The van der Waals surface area contributed by atoms with E-state index < -0.39 is 11.2 Å². The van der Waals surface area contributed by atoms with Crippen LogP contribution in [-0.4, -0.2) is 47.5 Å². The van der Waals surface area contributed by atoms with Crippen LogP contribution in [0.4, 0.5) is 5.82 Å². The number of nitrogens with one attached hydrogen (secondary N) is 4. The van der Waals surface area contributed by atoms with Gasteiger partial charge in [0.25, 0.3) is 5.56 Å². The minimum atomic E-state index is -0.616. The van der Waals surface area contributed by atoms with Crippen LogP contribution >= 0.6 is 0 Å². The molecule has 0 radical (unpaired) electrons. The Bertz CT molecular complexity index is 447. The van der Waals surface area contributed by atoms with E-state index in [2.05, 4.69) is 25.8 Å². The molecule has 8 nitrogen and oxygen atoms in total. The molecule has 1 aliphatic rings. The fourth-order valence-corrected chi connectivity index (χ4v) is 1.44. The van der Waals surface area contributed by atoms with Gasteiger partial charge in [-0.15, -0.1) is 5.10 Å². The van der Waals surface area contributed by atoms with Crippen molar-refractivity contribution in [2.75, 3.05) is 31.6 Å². The second-order valence-electron chi connectivity index (χ2n) is 3.46. The fraction of sp³-hybridized carbons (Fsp3) is 0.625.